The maximum atomic E-state index is 13.4. The largest absolute Gasteiger partial charge is 0.508 e. The van der Waals surface area contributed by atoms with Crippen molar-refractivity contribution in [3.8, 4) is 23.0 Å². The fraction of sp³-hybridized carbons (Fsp3) is 0.0345. The Balaban J connectivity index is 1.35. The number of rotatable bonds is 2. The minimum atomic E-state index is -1.40. The van der Waals surface area contributed by atoms with Gasteiger partial charge in [-0.25, -0.2) is 4.79 Å². The Kier molecular flexibility index (Phi) is 4.79. The molecule has 3 N–H and O–H groups in total. The number of ether oxygens (including phenoxy) is 2. The van der Waals surface area contributed by atoms with Gasteiger partial charge >= 0.3 is 5.97 Å². The number of benzene rings is 3. The summed E-state index contributed by atoms with van der Waals surface area (Å²) in [5.74, 6) is -0.503. The van der Waals surface area contributed by atoms with E-state index in [1.807, 2.05) is 6.07 Å². The molecule has 4 aromatic rings. The Morgan fingerprint density at radius 3 is 2.26 bits per heavy atom. The minimum Gasteiger partial charge on any atom is -0.508 e. The summed E-state index contributed by atoms with van der Waals surface area (Å²) in [7, 11) is 0. The van der Waals surface area contributed by atoms with Crippen LogP contribution >= 0.6 is 12.2 Å². The van der Waals surface area contributed by atoms with Gasteiger partial charge in [0.05, 0.1) is 16.9 Å². The molecule has 3 aliphatic heterocycles. The third-order valence-electron chi connectivity index (χ3n) is 6.87. The Morgan fingerprint density at radius 2 is 1.59 bits per heavy atom. The number of aromatic nitrogens is 1. The highest BCUT2D eigenvalue weighted by Crippen LogP contribution is 2.57. The van der Waals surface area contributed by atoms with Crippen molar-refractivity contribution >= 4 is 41.0 Å². The second-order valence-electron chi connectivity index (χ2n) is 9.15. The van der Waals surface area contributed by atoms with E-state index in [2.05, 4.69) is 10.3 Å². The summed E-state index contributed by atoms with van der Waals surface area (Å²) < 4.78 is 12.1. The van der Waals surface area contributed by atoms with Crippen molar-refractivity contribution in [3.05, 3.63) is 113 Å². The molecule has 0 unspecified atom stereocenters. The van der Waals surface area contributed by atoms with Crippen LogP contribution in [0.1, 0.15) is 32.7 Å². The quantitative estimate of drug-likeness (QED) is 0.196. The summed E-state index contributed by atoms with van der Waals surface area (Å²) in [6.45, 7) is 0. The third kappa shape index (κ3) is 3.32. The summed E-state index contributed by atoms with van der Waals surface area (Å²) >= 11 is 5.45. The number of esters is 1. The molecule has 0 aliphatic carbocycles. The number of fused-ring (bicyclic) bond motifs is 6. The van der Waals surface area contributed by atoms with Gasteiger partial charge in [0.2, 0.25) is 0 Å². The second kappa shape index (κ2) is 8.14. The Morgan fingerprint density at radius 1 is 0.897 bits per heavy atom. The fourth-order valence-corrected chi connectivity index (χ4v) is 5.51. The predicted octanol–water partition coefficient (Wildman–Crippen LogP) is 4.32. The van der Waals surface area contributed by atoms with Gasteiger partial charge in [-0.05, 0) is 66.8 Å². The first kappa shape index (κ1) is 22.9. The highest BCUT2D eigenvalue weighted by atomic mass is 32.1. The Hall–Kier alpha value is -5.22. The Labute approximate surface area is 226 Å². The van der Waals surface area contributed by atoms with E-state index >= 15 is 0 Å². The molecule has 4 heterocycles. The van der Waals surface area contributed by atoms with Crippen molar-refractivity contribution in [1.29, 1.82) is 0 Å². The van der Waals surface area contributed by atoms with Crippen molar-refractivity contribution in [1.82, 2.24) is 10.3 Å². The molecular weight excluding hydrogens is 518 g/mol. The number of nitrogens with zero attached hydrogens (tertiary/aromatic N) is 2. The van der Waals surface area contributed by atoms with E-state index in [4.69, 9.17) is 21.7 Å². The van der Waals surface area contributed by atoms with Crippen molar-refractivity contribution in [2.75, 3.05) is 4.90 Å². The molecule has 190 valence electrons. The number of nitrogens with one attached hydrogen (secondary N) is 1. The highest BCUT2D eigenvalue weighted by Gasteiger charge is 2.54. The highest BCUT2D eigenvalue weighted by molar-refractivity contribution is 7.80. The zero-order chi connectivity index (χ0) is 26.9. The molecule has 1 spiro atoms. The molecule has 0 radical (unpaired) electrons. The third-order valence-corrected chi connectivity index (χ3v) is 7.16. The topological polar surface area (TPSA) is 121 Å². The van der Waals surface area contributed by atoms with E-state index < -0.39 is 11.6 Å². The summed E-state index contributed by atoms with van der Waals surface area (Å²) in [6.07, 6.45) is 3.23. The lowest BCUT2D eigenvalue weighted by Crippen LogP contribution is -2.33. The molecule has 0 atom stereocenters. The number of thiocarbonyl (C=S) groups is 1. The number of pyridine rings is 1. The van der Waals surface area contributed by atoms with Gasteiger partial charge in [-0.1, -0.05) is 12.1 Å². The van der Waals surface area contributed by atoms with Gasteiger partial charge in [0, 0.05) is 35.0 Å². The standard InChI is InChI=1S/C29H17N3O6S/c33-17-5-8-21-24(13-17)37-25-14-18(34)6-9-22(25)29(21)20-7-4-16(12-19(20)27(36)38-29)32-26(35)23(31-28(32)39)11-15-3-1-2-10-30-15/h1-14,33-34H,(H,31,39)/b23-11-. The first-order valence-corrected chi connectivity index (χ1v) is 12.3. The van der Waals surface area contributed by atoms with Crippen molar-refractivity contribution in [2.24, 2.45) is 0 Å². The van der Waals surface area contributed by atoms with E-state index in [1.165, 1.54) is 29.2 Å². The van der Waals surface area contributed by atoms with E-state index in [9.17, 15) is 19.8 Å². The number of phenols is 2. The summed E-state index contributed by atoms with van der Waals surface area (Å²) in [5.41, 5.74) is 1.61. The van der Waals surface area contributed by atoms with Gasteiger partial charge in [0.15, 0.2) is 10.7 Å². The molecule has 1 amide bonds. The number of carbonyl (C=O) groups is 2. The monoisotopic (exact) mass is 535 g/mol. The van der Waals surface area contributed by atoms with E-state index in [0.717, 1.165) is 0 Å². The molecule has 1 saturated heterocycles. The van der Waals surface area contributed by atoms with Gasteiger partial charge in [-0.2, -0.15) is 0 Å². The number of amides is 1. The number of aromatic hydroxyl groups is 2. The molecule has 1 fully saturated rings. The normalized spacial score (nSPS) is 17.4. The zero-order valence-electron chi connectivity index (χ0n) is 19.9. The summed E-state index contributed by atoms with van der Waals surface area (Å²) in [6, 6.07) is 19.4. The average molecular weight is 536 g/mol. The number of carbonyl (C=O) groups excluding carboxylic acids is 2. The molecule has 0 saturated carbocycles. The average Bonchev–Trinajstić information content (AvgIpc) is 3.36. The van der Waals surface area contributed by atoms with Crippen LogP contribution in [-0.4, -0.2) is 32.2 Å². The minimum absolute atomic E-state index is 0.0319. The zero-order valence-corrected chi connectivity index (χ0v) is 20.7. The van der Waals surface area contributed by atoms with Gasteiger partial charge in [0.1, 0.15) is 28.7 Å². The van der Waals surface area contributed by atoms with Crippen LogP contribution in [0.2, 0.25) is 0 Å². The molecular formula is C29H17N3O6S. The summed E-state index contributed by atoms with van der Waals surface area (Å²) in [4.78, 5) is 32.2. The SMILES string of the molecule is O=C1OC2(c3ccc(O)cc3Oc3cc(O)ccc32)c2ccc(N3C(=O)/C(=C/c4ccccn4)NC3=S)cc21. The van der Waals surface area contributed by atoms with Gasteiger partial charge in [-0.15, -0.1) is 0 Å². The van der Waals surface area contributed by atoms with Crippen LogP contribution in [0, 0.1) is 0 Å². The van der Waals surface area contributed by atoms with Crippen LogP contribution in [0.4, 0.5) is 5.69 Å². The Bertz CT molecular complexity index is 1730. The van der Waals surface area contributed by atoms with Crippen LogP contribution in [0.5, 0.6) is 23.0 Å². The lowest BCUT2D eigenvalue weighted by atomic mass is 9.77. The van der Waals surface area contributed by atoms with Crippen LogP contribution in [0.15, 0.2) is 84.7 Å². The van der Waals surface area contributed by atoms with Crippen LogP contribution in [0.25, 0.3) is 6.08 Å². The van der Waals surface area contributed by atoms with Gasteiger partial charge in [-0.3, -0.25) is 14.7 Å². The maximum Gasteiger partial charge on any atom is 0.340 e. The summed E-state index contributed by atoms with van der Waals surface area (Å²) in [5, 5.41) is 23.3. The van der Waals surface area contributed by atoms with Crippen molar-refractivity contribution in [2.45, 2.75) is 5.60 Å². The smallest absolute Gasteiger partial charge is 0.340 e. The number of anilines is 1. The van der Waals surface area contributed by atoms with Crippen LogP contribution in [0.3, 0.4) is 0 Å². The van der Waals surface area contributed by atoms with E-state index in [0.29, 0.717) is 28.1 Å². The van der Waals surface area contributed by atoms with Gasteiger partial charge in [0.25, 0.3) is 5.91 Å². The molecule has 39 heavy (non-hydrogen) atoms. The van der Waals surface area contributed by atoms with Crippen molar-refractivity contribution < 1.29 is 29.3 Å². The predicted molar refractivity (Wildman–Crippen MR) is 143 cm³/mol. The molecule has 3 aromatic carbocycles. The van der Waals surface area contributed by atoms with Crippen LogP contribution in [-0.2, 0) is 15.1 Å². The van der Waals surface area contributed by atoms with Crippen LogP contribution < -0.4 is 15.0 Å². The fourth-order valence-electron chi connectivity index (χ4n) is 5.21. The van der Waals surface area contributed by atoms with E-state index in [-0.39, 0.29) is 45.3 Å². The van der Waals surface area contributed by atoms with Crippen molar-refractivity contribution in [3.63, 3.8) is 0 Å². The molecule has 3 aliphatic rings. The molecule has 7 rings (SSSR count). The maximum absolute atomic E-state index is 13.4. The molecule has 10 heteroatoms. The lowest BCUT2D eigenvalue weighted by molar-refractivity contribution is -0.113. The van der Waals surface area contributed by atoms with E-state index in [1.54, 1.807) is 54.7 Å². The lowest BCUT2D eigenvalue weighted by Gasteiger charge is -2.36. The molecule has 9 nitrogen and oxygen atoms in total. The first-order chi connectivity index (χ1) is 18.8. The molecule has 0 bridgehead atoms. The molecule has 1 aromatic heterocycles. The first-order valence-electron chi connectivity index (χ1n) is 11.9. The number of phenolic OH excluding ortho intramolecular Hbond substituents is 2. The van der Waals surface area contributed by atoms with Gasteiger partial charge < -0.3 is 25.0 Å². The second-order valence-corrected chi connectivity index (χ2v) is 9.53. The number of hydrogen-bond acceptors (Lipinski definition) is 8. The number of hydrogen-bond donors (Lipinski definition) is 3.